The van der Waals surface area contributed by atoms with Gasteiger partial charge in [-0.25, -0.2) is 0 Å². The number of rotatable bonds is 4. The average molecular weight is 287 g/mol. The summed E-state index contributed by atoms with van der Waals surface area (Å²) < 4.78 is 1.15. The van der Waals surface area contributed by atoms with Crippen LogP contribution in [0.25, 0.3) is 10.1 Å². The van der Waals surface area contributed by atoms with Crippen LogP contribution >= 0.6 is 22.7 Å². The number of carbonyl (C=O) groups excluding carboxylic acids is 1. The van der Waals surface area contributed by atoms with Crippen molar-refractivity contribution in [2.24, 2.45) is 5.73 Å². The SMILES string of the molecule is NCCc1sccc1C(=O)c1cc2ccccc2s1. The van der Waals surface area contributed by atoms with E-state index in [1.54, 1.807) is 22.7 Å². The Kier molecular flexibility index (Phi) is 3.46. The molecule has 3 aromatic rings. The predicted octanol–water partition coefficient (Wildman–Crippen LogP) is 3.70. The van der Waals surface area contributed by atoms with Gasteiger partial charge in [-0.3, -0.25) is 4.79 Å². The topological polar surface area (TPSA) is 43.1 Å². The fourth-order valence-electron chi connectivity index (χ4n) is 2.09. The van der Waals surface area contributed by atoms with Crippen molar-refractivity contribution >= 4 is 38.5 Å². The minimum atomic E-state index is 0.117. The third-order valence-corrected chi connectivity index (χ3v) is 5.11. The van der Waals surface area contributed by atoms with Crippen LogP contribution in [0.15, 0.2) is 41.8 Å². The molecule has 96 valence electrons. The first-order valence-corrected chi connectivity index (χ1v) is 7.79. The normalized spacial score (nSPS) is 11.0. The van der Waals surface area contributed by atoms with Crippen molar-refractivity contribution in [1.29, 1.82) is 0 Å². The van der Waals surface area contributed by atoms with Crippen LogP contribution in [-0.2, 0) is 6.42 Å². The van der Waals surface area contributed by atoms with Crippen molar-refractivity contribution in [2.45, 2.75) is 6.42 Å². The van der Waals surface area contributed by atoms with E-state index in [1.807, 2.05) is 41.8 Å². The summed E-state index contributed by atoms with van der Waals surface area (Å²) in [4.78, 5) is 14.4. The molecule has 19 heavy (non-hydrogen) atoms. The molecule has 1 aromatic carbocycles. The molecule has 0 aliphatic heterocycles. The molecule has 0 fully saturated rings. The smallest absolute Gasteiger partial charge is 0.204 e. The quantitative estimate of drug-likeness (QED) is 0.744. The summed E-state index contributed by atoms with van der Waals surface area (Å²) in [5, 5.41) is 3.09. The fourth-order valence-corrected chi connectivity index (χ4v) is 4.00. The van der Waals surface area contributed by atoms with Crippen LogP contribution in [0.2, 0.25) is 0 Å². The van der Waals surface area contributed by atoms with Crippen molar-refractivity contribution in [2.75, 3.05) is 6.54 Å². The van der Waals surface area contributed by atoms with Crippen LogP contribution in [0.1, 0.15) is 20.1 Å². The number of carbonyl (C=O) groups is 1. The number of hydrogen-bond acceptors (Lipinski definition) is 4. The Morgan fingerprint density at radius 3 is 2.84 bits per heavy atom. The van der Waals surface area contributed by atoms with Gasteiger partial charge in [-0.2, -0.15) is 0 Å². The maximum Gasteiger partial charge on any atom is 0.204 e. The number of thiophene rings is 2. The molecule has 0 saturated heterocycles. The standard InChI is InChI=1S/C15H13NOS2/c16-7-5-13-11(6-8-18-13)15(17)14-9-10-3-1-2-4-12(10)19-14/h1-4,6,8-9H,5,7,16H2. The third kappa shape index (κ3) is 2.34. The minimum absolute atomic E-state index is 0.117. The molecule has 0 bridgehead atoms. The summed E-state index contributed by atoms with van der Waals surface area (Å²) in [5.74, 6) is 0.117. The molecule has 0 saturated carbocycles. The molecule has 0 aliphatic rings. The molecule has 2 heterocycles. The predicted molar refractivity (Wildman–Crippen MR) is 82.3 cm³/mol. The number of hydrogen-bond donors (Lipinski definition) is 1. The van der Waals surface area contributed by atoms with Crippen molar-refractivity contribution in [1.82, 2.24) is 0 Å². The summed E-state index contributed by atoms with van der Waals surface area (Å²) in [5.41, 5.74) is 6.39. The van der Waals surface area contributed by atoms with Crippen LogP contribution in [0.4, 0.5) is 0 Å². The zero-order valence-electron chi connectivity index (χ0n) is 10.3. The molecular formula is C15H13NOS2. The Balaban J connectivity index is 2.01. The van der Waals surface area contributed by atoms with E-state index in [4.69, 9.17) is 5.73 Å². The molecular weight excluding hydrogens is 274 g/mol. The van der Waals surface area contributed by atoms with E-state index in [9.17, 15) is 4.79 Å². The van der Waals surface area contributed by atoms with Crippen LogP contribution in [0, 0.1) is 0 Å². The van der Waals surface area contributed by atoms with Gasteiger partial charge in [0.2, 0.25) is 5.78 Å². The molecule has 0 atom stereocenters. The van der Waals surface area contributed by atoms with E-state index in [-0.39, 0.29) is 5.78 Å². The molecule has 2 N–H and O–H groups in total. The van der Waals surface area contributed by atoms with Crippen LogP contribution in [-0.4, -0.2) is 12.3 Å². The minimum Gasteiger partial charge on any atom is -0.330 e. The van der Waals surface area contributed by atoms with Gasteiger partial charge >= 0.3 is 0 Å². The molecule has 2 aromatic heterocycles. The summed E-state index contributed by atoms with van der Waals surface area (Å²) in [6.07, 6.45) is 0.767. The highest BCUT2D eigenvalue weighted by Gasteiger charge is 2.16. The van der Waals surface area contributed by atoms with Crippen LogP contribution < -0.4 is 5.73 Å². The Morgan fingerprint density at radius 1 is 1.21 bits per heavy atom. The lowest BCUT2D eigenvalue weighted by atomic mass is 10.1. The van der Waals surface area contributed by atoms with Gasteiger partial charge in [0.15, 0.2) is 0 Å². The van der Waals surface area contributed by atoms with E-state index in [0.29, 0.717) is 6.54 Å². The maximum atomic E-state index is 12.5. The first kappa shape index (κ1) is 12.5. The first-order valence-electron chi connectivity index (χ1n) is 6.09. The molecule has 0 aliphatic carbocycles. The molecule has 0 unspecified atom stereocenters. The zero-order chi connectivity index (χ0) is 13.2. The lowest BCUT2D eigenvalue weighted by Crippen LogP contribution is -2.06. The summed E-state index contributed by atoms with van der Waals surface area (Å²) in [7, 11) is 0. The molecule has 3 rings (SSSR count). The molecule has 4 heteroatoms. The zero-order valence-corrected chi connectivity index (χ0v) is 11.9. The lowest BCUT2D eigenvalue weighted by Gasteiger charge is -1.99. The number of nitrogens with two attached hydrogens (primary N) is 1. The second kappa shape index (κ2) is 5.25. The second-order valence-electron chi connectivity index (χ2n) is 4.27. The van der Waals surface area contributed by atoms with Crippen molar-refractivity contribution < 1.29 is 4.79 Å². The second-order valence-corrected chi connectivity index (χ2v) is 6.36. The Morgan fingerprint density at radius 2 is 2.05 bits per heavy atom. The number of ketones is 1. The van der Waals surface area contributed by atoms with Gasteiger partial charge in [0.25, 0.3) is 0 Å². The Hall–Kier alpha value is -1.49. The number of benzene rings is 1. The van der Waals surface area contributed by atoms with Gasteiger partial charge in [-0.1, -0.05) is 18.2 Å². The highest BCUT2D eigenvalue weighted by molar-refractivity contribution is 7.21. The fraction of sp³-hybridized carbons (Fsp3) is 0.133. The Bertz CT molecular complexity index is 693. The molecule has 0 spiro atoms. The van der Waals surface area contributed by atoms with Gasteiger partial charge in [-0.15, -0.1) is 22.7 Å². The van der Waals surface area contributed by atoms with E-state index < -0.39 is 0 Å². The first-order chi connectivity index (χ1) is 9.29. The number of fused-ring (bicyclic) bond motifs is 1. The summed E-state index contributed by atoms with van der Waals surface area (Å²) in [6.45, 7) is 0.577. The lowest BCUT2D eigenvalue weighted by molar-refractivity contribution is 0.104. The highest BCUT2D eigenvalue weighted by Crippen LogP contribution is 2.29. The van der Waals surface area contributed by atoms with Crippen molar-refractivity contribution in [3.05, 3.63) is 57.1 Å². The van der Waals surface area contributed by atoms with E-state index in [0.717, 1.165) is 31.8 Å². The largest absolute Gasteiger partial charge is 0.330 e. The van der Waals surface area contributed by atoms with E-state index in [1.165, 1.54) is 0 Å². The van der Waals surface area contributed by atoms with Crippen LogP contribution in [0.3, 0.4) is 0 Å². The highest BCUT2D eigenvalue weighted by atomic mass is 32.1. The van der Waals surface area contributed by atoms with E-state index >= 15 is 0 Å². The van der Waals surface area contributed by atoms with Gasteiger partial charge in [0, 0.05) is 15.1 Å². The maximum absolute atomic E-state index is 12.5. The average Bonchev–Trinajstić information content (AvgIpc) is 3.04. The molecule has 0 radical (unpaired) electrons. The van der Waals surface area contributed by atoms with Gasteiger partial charge in [0.1, 0.15) is 0 Å². The molecule has 0 amide bonds. The monoisotopic (exact) mass is 287 g/mol. The van der Waals surface area contributed by atoms with Gasteiger partial charge in [-0.05, 0) is 41.9 Å². The Labute approximate surface area is 119 Å². The van der Waals surface area contributed by atoms with Gasteiger partial charge < -0.3 is 5.73 Å². The van der Waals surface area contributed by atoms with Gasteiger partial charge in [0.05, 0.1) is 4.88 Å². The van der Waals surface area contributed by atoms with E-state index in [2.05, 4.69) is 0 Å². The third-order valence-electron chi connectivity index (χ3n) is 3.01. The van der Waals surface area contributed by atoms with Crippen molar-refractivity contribution in [3.63, 3.8) is 0 Å². The summed E-state index contributed by atoms with van der Waals surface area (Å²) >= 11 is 3.16. The van der Waals surface area contributed by atoms with Crippen molar-refractivity contribution in [3.8, 4) is 0 Å². The van der Waals surface area contributed by atoms with Crippen LogP contribution in [0.5, 0.6) is 0 Å². The molecule has 2 nitrogen and oxygen atoms in total. The summed E-state index contributed by atoms with van der Waals surface area (Å²) in [6, 6.07) is 12.0.